The molecule has 110 valence electrons. The molecule has 0 aromatic heterocycles. The molecular formula is C12H13F3N2O2S. The van der Waals surface area contributed by atoms with Gasteiger partial charge in [-0.05, 0) is 18.6 Å². The van der Waals surface area contributed by atoms with E-state index < -0.39 is 34.4 Å². The Hall–Kier alpha value is -1.59. The molecule has 1 rings (SSSR count). The van der Waals surface area contributed by atoms with Crippen molar-refractivity contribution in [1.29, 1.82) is 5.26 Å². The number of hydrogen-bond acceptors (Lipinski definition) is 3. The summed E-state index contributed by atoms with van der Waals surface area (Å²) < 4.78 is 62.0. The van der Waals surface area contributed by atoms with Crippen molar-refractivity contribution in [2.75, 3.05) is 0 Å². The molecule has 1 atom stereocenters. The van der Waals surface area contributed by atoms with E-state index in [1.165, 1.54) is 12.1 Å². The molecule has 0 amide bonds. The summed E-state index contributed by atoms with van der Waals surface area (Å²) in [6.07, 6.45) is -5.68. The van der Waals surface area contributed by atoms with Crippen LogP contribution in [0.4, 0.5) is 13.2 Å². The van der Waals surface area contributed by atoms with Gasteiger partial charge in [0.05, 0.1) is 23.8 Å². The Morgan fingerprint density at radius 2 is 1.95 bits per heavy atom. The van der Waals surface area contributed by atoms with Gasteiger partial charge in [0.25, 0.3) is 0 Å². The first-order valence-electron chi connectivity index (χ1n) is 5.68. The number of benzene rings is 1. The number of alkyl halides is 3. The first kappa shape index (κ1) is 16.5. The molecule has 4 nitrogen and oxygen atoms in total. The summed E-state index contributed by atoms with van der Waals surface area (Å²) >= 11 is 0. The molecule has 0 bridgehead atoms. The van der Waals surface area contributed by atoms with E-state index in [2.05, 4.69) is 0 Å². The molecule has 1 aromatic rings. The maximum atomic E-state index is 12.1. The number of rotatable bonds is 5. The Morgan fingerprint density at radius 1 is 1.35 bits per heavy atom. The highest BCUT2D eigenvalue weighted by molar-refractivity contribution is 7.88. The fourth-order valence-corrected chi connectivity index (χ4v) is 3.14. The maximum Gasteiger partial charge on any atom is 0.390 e. The minimum atomic E-state index is -4.44. The van der Waals surface area contributed by atoms with Crippen molar-refractivity contribution in [2.45, 2.75) is 31.3 Å². The summed E-state index contributed by atoms with van der Waals surface area (Å²) in [6, 6.07) is 6.62. The van der Waals surface area contributed by atoms with Crippen LogP contribution in [0.2, 0.25) is 0 Å². The largest absolute Gasteiger partial charge is 0.390 e. The lowest BCUT2D eigenvalue weighted by Gasteiger charge is -2.16. The first-order chi connectivity index (χ1) is 9.13. The van der Waals surface area contributed by atoms with Crippen molar-refractivity contribution < 1.29 is 21.6 Å². The Balaban J connectivity index is 2.78. The van der Waals surface area contributed by atoms with Crippen molar-refractivity contribution in [3.05, 3.63) is 35.4 Å². The number of nitrogens with one attached hydrogen (secondary N) is 1. The van der Waals surface area contributed by atoms with Crippen LogP contribution in [-0.4, -0.2) is 20.6 Å². The molecule has 0 heterocycles. The van der Waals surface area contributed by atoms with Crippen LogP contribution < -0.4 is 4.72 Å². The molecule has 0 aliphatic heterocycles. The minimum Gasteiger partial charge on any atom is -0.212 e. The van der Waals surface area contributed by atoms with Gasteiger partial charge in [0.1, 0.15) is 0 Å². The lowest BCUT2D eigenvalue weighted by atomic mass is 10.1. The van der Waals surface area contributed by atoms with Gasteiger partial charge in [-0.2, -0.15) is 18.4 Å². The molecule has 0 radical (unpaired) electrons. The fraction of sp³-hybridized carbons (Fsp3) is 0.417. The molecule has 1 unspecified atom stereocenters. The van der Waals surface area contributed by atoms with E-state index in [1.807, 2.05) is 10.8 Å². The highest BCUT2D eigenvalue weighted by Crippen LogP contribution is 2.22. The molecule has 1 N–H and O–H groups in total. The third-order valence-corrected chi connectivity index (χ3v) is 3.85. The second-order valence-electron chi connectivity index (χ2n) is 4.37. The summed E-state index contributed by atoms with van der Waals surface area (Å²) in [6.45, 7) is 1.14. The lowest BCUT2D eigenvalue weighted by Crippen LogP contribution is -2.36. The third-order valence-electron chi connectivity index (χ3n) is 2.40. The summed E-state index contributed by atoms with van der Waals surface area (Å²) in [7, 11) is -3.94. The second kappa shape index (κ2) is 6.24. The smallest absolute Gasteiger partial charge is 0.212 e. The Morgan fingerprint density at radius 3 is 2.50 bits per heavy atom. The standard InChI is InChI=1S/C12H13F3N2O2S/c1-9(6-12(13,14)15)17-20(18,19)8-11-5-3-2-4-10(11)7-16/h2-5,9,17H,6,8H2,1H3. The molecule has 0 saturated carbocycles. The normalized spacial score (nSPS) is 13.8. The summed E-state index contributed by atoms with van der Waals surface area (Å²) in [5, 5.41) is 8.84. The maximum absolute atomic E-state index is 12.1. The average Bonchev–Trinajstić information content (AvgIpc) is 2.25. The predicted molar refractivity (Wildman–Crippen MR) is 67.1 cm³/mol. The van der Waals surface area contributed by atoms with E-state index in [0.717, 1.165) is 6.92 Å². The van der Waals surface area contributed by atoms with Crippen LogP contribution in [0, 0.1) is 11.3 Å². The zero-order chi connectivity index (χ0) is 15.4. The topological polar surface area (TPSA) is 70.0 Å². The fourth-order valence-electron chi connectivity index (χ4n) is 1.70. The number of sulfonamides is 1. The van der Waals surface area contributed by atoms with Gasteiger partial charge in [0.15, 0.2) is 0 Å². The zero-order valence-corrected chi connectivity index (χ0v) is 11.4. The quantitative estimate of drug-likeness (QED) is 0.907. The van der Waals surface area contributed by atoms with Gasteiger partial charge in [-0.3, -0.25) is 0 Å². The van der Waals surface area contributed by atoms with Gasteiger partial charge in [-0.25, -0.2) is 13.1 Å². The summed E-state index contributed by atoms with van der Waals surface area (Å²) in [4.78, 5) is 0. The zero-order valence-electron chi connectivity index (χ0n) is 10.6. The van der Waals surface area contributed by atoms with Crippen molar-refractivity contribution in [3.63, 3.8) is 0 Å². The van der Waals surface area contributed by atoms with Gasteiger partial charge in [0, 0.05) is 6.04 Å². The molecule has 0 fully saturated rings. The van der Waals surface area contributed by atoms with E-state index in [0.29, 0.717) is 0 Å². The van der Waals surface area contributed by atoms with Crippen molar-refractivity contribution in [2.24, 2.45) is 0 Å². The Labute approximate surface area is 115 Å². The lowest BCUT2D eigenvalue weighted by molar-refractivity contribution is -0.137. The molecular weight excluding hydrogens is 293 g/mol. The van der Waals surface area contributed by atoms with E-state index >= 15 is 0 Å². The number of nitrogens with zero attached hydrogens (tertiary/aromatic N) is 1. The summed E-state index contributed by atoms with van der Waals surface area (Å²) in [5.41, 5.74) is 0.433. The van der Waals surface area contributed by atoms with Crippen molar-refractivity contribution >= 4 is 10.0 Å². The summed E-state index contributed by atoms with van der Waals surface area (Å²) in [5.74, 6) is -0.529. The van der Waals surface area contributed by atoms with E-state index in [1.54, 1.807) is 12.1 Å². The molecule has 0 aliphatic carbocycles. The van der Waals surface area contributed by atoms with Crippen LogP contribution >= 0.6 is 0 Å². The van der Waals surface area contributed by atoms with Gasteiger partial charge >= 0.3 is 6.18 Å². The van der Waals surface area contributed by atoms with Gasteiger partial charge in [0.2, 0.25) is 10.0 Å². The molecule has 0 saturated heterocycles. The van der Waals surface area contributed by atoms with Crippen LogP contribution in [0.1, 0.15) is 24.5 Å². The van der Waals surface area contributed by atoms with Crippen LogP contribution in [-0.2, 0) is 15.8 Å². The Bertz CT molecular complexity index is 606. The van der Waals surface area contributed by atoms with Gasteiger partial charge in [-0.1, -0.05) is 18.2 Å². The molecule has 0 aliphatic rings. The van der Waals surface area contributed by atoms with E-state index in [-0.39, 0.29) is 11.1 Å². The first-order valence-corrected chi connectivity index (χ1v) is 7.33. The third kappa shape index (κ3) is 5.59. The van der Waals surface area contributed by atoms with E-state index in [9.17, 15) is 21.6 Å². The van der Waals surface area contributed by atoms with Gasteiger partial charge in [-0.15, -0.1) is 0 Å². The highest BCUT2D eigenvalue weighted by atomic mass is 32.2. The number of halogens is 3. The van der Waals surface area contributed by atoms with Crippen molar-refractivity contribution in [1.82, 2.24) is 4.72 Å². The van der Waals surface area contributed by atoms with Crippen LogP contribution in [0.15, 0.2) is 24.3 Å². The molecule has 0 spiro atoms. The molecule has 20 heavy (non-hydrogen) atoms. The monoisotopic (exact) mass is 306 g/mol. The SMILES string of the molecule is CC(CC(F)(F)F)NS(=O)(=O)Cc1ccccc1C#N. The second-order valence-corrected chi connectivity index (χ2v) is 6.12. The number of hydrogen-bond donors (Lipinski definition) is 1. The molecule has 1 aromatic carbocycles. The van der Waals surface area contributed by atoms with Crippen LogP contribution in [0.3, 0.4) is 0 Å². The predicted octanol–water partition coefficient (Wildman–Crippen LogP) is 2.32. The van der Waals surface area contributed by atoms with Crippen molar-refractivity contribution in [3.8, 4) is 6.07 Å². The minimum absolute atomic E-state index is 0.182. The average molecular weight is 306 g/mol. The molecule has 8 heteroatoms. The number of nitriles is 1. The van der Waals surface area contributed by atoms with Crippen LogP contribution in [0.25, 0.3) is 0 Å². The van der Waals surface area contributed by atoms with Crippen LogP contribution in [0.5, 0.6) is 0 Å². The van der Waals surface area contributed by atoms with Gasteiger partial charge < -0.3 is 0 Å². The Kier molecular flexibility index (Phi) is 5.14. The van der Waals surface area contributed by atoms with E-state index in [4.69, 9.17) is 5.26 Å². The highest BCUT2D eigenvalue weighted by Gasteiger charge is 2.31.